The molecular weight excluding hydrogens is 360 g/mol. The summed E-state index contributed by atoms with van der Waals surface area (Å²) in [4.78, 5) is 49.4. The number of hydrogen-bond donors (Lipinski definition) is 1. The van der Waals surface area contributed by atoms with E-state index >= 15 is 0 Å². The third-order valence-corrected chi connectivity index (χ3v) is 6.54. The fourth-order valence-corrected chi connectivity index (χ4v) is 5.21. The lowest BCUT2D eigenvalue weighted by Gasteiger charge is -2.33. The highest BCUT2D eigenvalue weighted by Gasteiger charge is 2.67. The van der Waals surface area contributed by atoms with Crippen molar-refractivity contribution in [1.82, 2.24) is 19.8 Å². The summed E-state index contributed by atoms with van der Waals surface area (Å²) >= 11 is 0. The van der Waals surface area contributed by atoms with Crippen molar-refractivity contribution in [3.05, 3.63) is 39.6 Å². The molecular formula is C20H24N4O4. The fraction of sp³-hybridized carbons (Fsp3) is 0.600. The molecule has 8 heteroatoms. The van der Waals surface area contributed by atoms with E-state index in [1.54, 1.807) is 11.8 Å². The van der Waals surface area contributed by atoms with Crippen LogP contribution in [-0.4, -0.2) is 62.4 Å². The highest BCUT2D eigenvalue weighted by atomic mass is 16.5. The van der Waals surface area contributed by atoms with Crippen LogP contribution in [0.3, 0.4) is 0 Å². The molecule has 1 aromatic heterocycles. The van der Waals surface area contributed by atoms with Gasteiger partial charge in [0.25, 0.3) is 5.56 Å². The molecule has 0 aliphatic carbocycles. The standard InChI is InChI=1S/C20H24N4O4/c1-10(2)24-9-20-6-4-14(28-20)15(16(20)19(24)27)18(26)23-7-5-12-13(8-23)21-11(3)22-17(12)25/h4,6,10,14-16H,5,7-9H2,1-3H3,(H,21,22,25)/t14-,15-,16+,20+/m1/s1. The van der Waals surface area contributed by atoms with Crippen LogP contribution in [0.4, 0.5) is 0 Å². The number of amides is 2. The van der Waals surface area contributed by atoms with Crippen molar-refractivity contribution >= 4 is 11.8 Å². The Bertz CT molecular complexity index is 967. The lowest BCUT2D eigenvalue weighted by Crippen LogP contribution is -2.48. The van der Waals surface area contributed by atoms with E-state index in [-0.39, 0.29) is 29.5 Å². The maximum Gasteiger partial charge on any atom is 0.254 e. The zero-order chi connectivity index (χ0) is 19.8. The van der Waals surface area contributed by atoms with Crippen molar-refractivity contribution in [2.75, 3.05) is 13.1 Å². The number of nitrogens with zero attached hydrogens (tertiary/aromatic N) is 3. The number of H-pyrrole nitrogens is 1. The average molecular weight is 384 g/mol. The summed E-state index contributed by atoms with van der Waals surface area (Å²) in [7, 11) is 0. The van der Waals surface area contributed by atoms with Crippen LogP contribution < -0.4 is 5.56 Å². The molecule has 4 atom stereocenters. The second kappa shape index (κ2) is 5.76. The first-order chi connectivity index (χ1) is 13.3. The molecule has 148 valence electrons. The molecule has 0 aromatic carbocycles. The van der Waals surface area contributed by atoms with Crippen LogP contribution in [0.5, 0.6) is 0 Å². The Labute approximate surface area is 162 Å². The molecule has 1 spiro atoms. The molecule has 8 nitrogen and oxygen atoms in total. The lowest BCUT2D eigenvalue weighted by molar-refractivity contribution is -0.144. The van der Waals surface area contributed by atoms with Crippen molar-refractivity contribution in [2.45, 2.75) is 51.5 Å². The van der Waals surface area contributed by atoms with E-state index in [1.807, 2.05) is 30.9 Å². The van der Waals surface area contributed by atoms with Crippen molar-refractivity contribution < 1.29 is 14.3 Å². The smallest absolute Gasteiger partial charge is 0.254 e. The summed E-state index contributed by atoms with van der Waals surface area (Å²) in [6, 6.07) is 0.0695. The van der Waals surface area contributed by atoms with Gasteiger partial charge < -0.3 is 19.5 Å². The molecule has 2 bridgehead atoms. The van der Waals surface area contributed by atoms with Gasteiger partial charge >= 0.3 is 0 Å². The largest absolute Gasteiger partial charge is 0.360 e. The quantitative estimate of drug-likeness (QED) is 0.733. The number of rotatable bonds is 2. The minimum Gasteiger partial charge on any atom is -0.360 e. The van der Waals surface area contributed by atoms with E-state index in [0.29, 0.717) is 43.1 Å². The summed E-state index contributed by atoms with van der Waals surface area (Å²) in [5.74, 6) is -0.506. The van der Waals surface area contributed by atoms with Gasteiger partial charge in [0.1, 0.15) is 11.4 Å². The number of aryl methyl sites for hydroxylation is 1. The van der Waals surface area contributed by atoms with Crippen LogP contribution in [0.25, 0.3) is 0 Å². The van der Waals surface area contributed by atoms with Gasteiger partial charge in [-0.3, -0.25) is 14.4 Å². The van der Waals surface area contributed by atoms with Gasteiger partial charge in [-0.25, -0.2) is 4.98 Å². The van der Waals surface area contributed by atoms with Crippen LogP contribution in [-0.2, 0) is 27.3 Å². The molecule has 4 aliphatic heterocycles. The predicted octanol–water partition coefficient (Wildman–Crippen LogP) is 0.153. The lowest BCUT2D eigenvalue weighted by atomic mass is 9.76. The average Bonchev–Trinajstić information content (AvgIpc) is 3.28. The minimum atomic E-state index is -0.675. The van der Waals surface area contributed by atoms with Crippen LogP contribution in [0.2, 0.25) is 0 Å². The number of carbonyl (C=O) groups excluding carboxylic acids is 2. The van der Waals surface area contributed by atoms with Crippen molar-refractivity contribution in [2.24, 2.45) is 11.8 Å². The van der Waals surface area contributed by atoms with Gasteiger partial charge in [-0.05, 0) is 27.2 Å². The zero-order valence-electron chi connectivity index (χ0n) is 16.3. The molecule has 2 amide bonds. The second-order valence-electron chi connectivity index (χ2n) is 8.55. The van der Waals surface area contributed by atoms with E-state index in [9.17, 15) is 14.4 Å². The Hall–Kier alpha value is -2.48. The first-order valence-electron chi connectivity index (χ1n) is 9.86. The number of hydrogen-bond acceptors (Lipinski definition) is 5. The van der Waals surface area contributed by atoms with Crippen LogP contribution in [0.1, 0.15) is 30.9 Å². The molecule has 0 saturated carbocycles. The number of nitrogens with one attached hydrogen (secondary N) is 1. The predicted molar refractivity (Wildman–Crippen MR) is 99.3 cm³/mol. The Balaban J connectivity index is 1.44. The summed E-state index contributed by atoms with van der Waals surface area (Å²) in [5, 5.41) is 0. The Kier molecular flexibility index (Phi) is 3.62. The van der Waals surface area contributed by atoms with Crippen molar-refractivity contribution in [1.29, 1.82) is 0 Å². The maximum atomic E-state index is 13.5. The summed E-state index contributed by atoms with van der Waals surface area (Å²) < 4.78 is 6.18. The highest BCUT2D eigenvalue weighted by Crippen LogP contribution is 2.52. The fourth-order valence-electron chi connectivity index (χ4n) is 5.21. The van der Waals surface area contributed by atoms with E-state index < -0.39 is 17.4 Å². The summed E-state index contributed by atoms with van der Waals surface area (Å²) in [6.07, 6.45) is 4.02. The van der Waals surface area contributed by atoms with Crippen LogP contribution in [0.15, 0.2) is 16.9 Å². The molecule has 1 aromatic rings. The molecule has 4 aliphatic rings. The first kappa shape index (κ1) is 17.6. The molecule has 5 heterocycles. The third kappa shape index (κ3) is 2.27. The Morgan fingerprint density at radius 2 is 2.18 bits per heavy atom. The molecule has 2 saturated heterocycles. The third-order valence-electron chi connectivity index (χ3n) is 6.54. The van der Waals surface area contributed by atoms with Crippen LogP contribution in [0, 0.1) is 18.8 Å². The van der Waals surface area contributed by atoms with Gasteiger partial charge in [0, 0.05) is 18.2 Å². The van der Waals surface area contributed by atoms with Gasteiger partial charge in [-0.1, -0.05) is 12.2 Å². The maximum absolute atomic E-state index is 13.5. The van der Waals surface area contributed by atoms with Gasteiger partial charge in [-0.2, -0.15) is 0 Å². The number of fused-ring (bicyclic) bond motifs is 2. The van der Waals surface area contributed by atoms with Crippen molar-refractivity contribution in [3.8, 4) is 0 Å². The number of aromatic amines is 1. The molecule has 0 radical (unpaired) electrons. The van der Waals surface area contributed by atoms with E-state index in [0.717, 1.165) is 0 Å². The summed E-state index contributed by atoms with van der Waals surface area (Å²) in [5.41, 5.74) is 0.500. The monoisotopic (exact) mass is 384 g/mol. The normalized spacial score (nSPS) is 33.0. The zero-order valence-corrected chi connectivity index (χ0v) is 16.3. The molecule has 0 unspecified atom stereocenters. The second-order valence-corrected chi connectivity index (χ2v) is 8.55. The molecule has 5 rings (SSSR count). The first-order valence-corrected chi connectivity index (χ1v) is 9.86. The van der Waals surface area contributed by atoms with Gasteiger partial charge in [0.2, 0.25) is 11.8 Å². The Morgan fingerprint density at radius 1 is 1.39 bits per heavy atom. The van der Waals surface area contributed by atoms with Crippen molar-refractivity contribution in [3.63, 3.8) is 0 Å². The molecule has 2 fully saturated rings. The Morgan fingerprint density at radius 3 is 2.93 bits per heavy atom. The topological polar surface area (TPSA) is 95.6 Å². The summed E-state index contributed by atoms with van der Waals surface area (Å²) in [6.45, 7) is 6.95. The van der Waals surface area contributed by atoms with Gasteiger partial charge in [0.05, 0.1) is 36.7 Å². The number of ether oxygens (including phenoxy) is 1. The van der Waals surface area contributed by atoms with E-state index in [4.69, 9.17) is 4.74 Å². The van der Waals surface area contributed by atoms with Gasteiger partial charge in [-0.15, -0.1) is 0 Å². The molecule has 1 N–H and O–H groups in total. The number of aromatic nitrogens is 2. The van der Waals surface area contributed by atoms with Crippen LogP contribution >= 0.6 is 0 Å². The SMILES string of the molecule is Cc1nc2c(c(=O)[nH]1)CCN(C(=O)[C@H]1[C@H]3C(=O)N(C(C)C)C[C@@]34C=C[C@H]1O4)C2. The van der Waals surface area contributed by atoms with E-state index in [1.165, 1.54) is 0 Å². The van der Waals surface area contributed by atoms with E-state index in [2.05, 4.69) is 9.97 Å². The number of carbonyl (C=O) groups is 2. The minimum absolute atomic E-state index is 0.00280. The molecule has 28 heavy (non-hydrogen) atoms. The van der Waals surface area contributed by atoms with Gasteiger partial charge in [0.15, 0.2) is 0 Å². The number of likely N-dealkylation sites (tertiary alicyclic amines) is 1. The highest BCUT2D eigenvalue weighted by molar-refractivity contribution is 5.93.